The summed E-state index contributed by atoms with van der Waals surface area (Å²) in [5.74, 6) is 0.0433. The number of thiazole rings is 1. The van der Waals surface area contributed by atoms with Crippen molar-refractivity contribution in [1.29, 1.82) is 0 Å². The molecule has 0 saturated carbocycles. The molecular formula is C17H21N3OS. The molecule has 0 radical (unpaired) electrons. The van der Waals surface area contributed by atoms with Crippen LogP contribution < -0.4 is 10.2 Å². The van der Waals surface area contributed by atoms with Crippen molar-refractivity contribution in [3.8, 4) is 0 Å². The maximum Gasteiger partial charge on any atom is 0.224 e. The van der Waals surface area contributed by atoms with E-state index in [1.165, 1.54) is 18.5 Å². The summed E-state index contributed by atoms with van der Waals surface area (Å²) in [6.45, 7) is 4.25. The SMILES string of the molecule is Cc1csc(CCC(=O)Nc2ccc(N3CCCC3)cc2)n1. The molecule has 1 saturated heterocycles. The van der Waals surface area contributed by atoms with Gasteiger partial charge in [0.1, 0.15) is 0 Å². The Hall–Kier alpha value is -1.88. The Balaban J connectivity index is 1.50. The summed E-state index contributed by atoms with van der Waals surface area (Å²) in [5, 5.41) is 6.00. The largest absolute Gasteiger partial charge is 0.372 e. The van der Waals surface area contributed by atoms with Crippen LogP contribution in [0, 0.1) is 6.92 Å². The second kappa shape index (κ2) is 6.92. The predicted molar refractivity (Wildman–Crippen MR) is 91.7 cm³/mol. The third kappa shape index (κ3) is 3.85. The van der Waals surface area contributed by atoms with Crippen molar-refractivity contribution >= 4 is 28.6 Å². The van der Waals surface area contributed by atoms with Crippen LogP contribution in [-0.2, 0) is 11.2 Å². The average molecular weight is 315 g/mol. The van der Waals surface area contributed by atoms with Crippen molar-refractivity contribution in [1.82, 2.24) is 4.98 Å². The molecule has 1 fully saturated rings. The lowest BCUT2D eigenvalue weighted by molar-refractivity contribution is -0.116. The fraction of sp³-hybridized carbons (Fsp3) is 0.412. The van der Waals surface area contributed by atoms with E-state index in [1.807, 2.05) is 24.4 Å². The molecule has 0 spiro atoms. The number of amides is 1. The molecule has 0 atom stereocenters. The second-order valence-electron chi connectivity index (χ2n) is 5.67. The zero-order chi connectivity index (χ0) is 15.4. The van der Waals surface area contributed by atoms with Crippen LogP contribution in [0.25, 0.3) is 0 Å². The highest BCUT2D eigenvalue weighted by Crippen LogP contribution is 2.22. The molecule has 0 unspecified atom stereocenters. The molecule has 1 aromatic heterocycles. The van der Waals surface area contributed by atoms with Gasteiger partial charge < -0.3 is 10.2 Å². The number of hydrogen-bond donors (Lipinski definition) is 1. The van der Waals surface area contributed by atoms with E-state index >= 15 is 0 Å². The van der Waals surface area contributed by atoms with Gasteiger partial charge in [0.05, 0.1) is 5.01 Å². The van der Waals surface area contributed by atoms with Gasteiger partial charge in [-0.3, -0.25) is 4.79 Å². The van der Waals surface area contributed by atoms with Crippen LogP contribution in [0.5, 0.6) is 0 Å². The summed E-state index contributed by atoms with van der Waals surface area (Å²) in [4.78, 5) is 18.8. The van der Waals surface area contributed by atoms with Crippen LogP contribution in [-0.4, -0.2) is 24.0 Å². The summed E-state index contributed by atoms with van der Waals surface area (Å²) in [6, 6.07) is 8.15. The number of anilines is 2. The minimum Gasteiger partial charge on any atom is -0.372 e. The highest BCUT2D eigenvalue weighted by atomic mass is 32.1. The Bertz CT molecular complexity index is 630. The Morgan fingerprint density at radius 3 is 2.64 bits per heavy atom. The van der Waals surface area contributed by atoms with Gasteiger partial charge in [0.25, 0.3) is 0 Å². The van der Waals surface area contributed by atoms with Crippen molar-refractivity contribution in [2.75, 3.05) is 23.3 Å². The Morgan fingerprint density at radius 1 is 1.27 bits per heavy atom. The highest BCUT2D eigenvalue weighted by Gasteiger charge is 2.12. The third-order valence-corrected chi connectivity index (χ3v) is 4.88. The minimum absolute atomic E-state index is 0.0433. The molecule has 1 aliphatic rings. The van der Waals surface area contributed by atoms with Gasteiger partial charge >= 0.3 is 0 Å². The molecule has 2 heterocycles. The molecule has 0 bridgehead atoms. The minimum atomic E-state index is 0.0433. The normalized spacial score (nSPS) is 14.3. The van der Waals surface area contributed by atoms with E-state index in [0.717, 1.165) is 29.5 Å². The lowest BCUT2D eigenvalue weighted by Gasteiger charge is -2.17. The second-order valence-corrected chi connectivity index (χ2v) is 6.61. The van der Waals surface area contributed by atoms with E-state index in [-0.39, 0.29) is 5.91 Å². The van der Waals surface area contributed by atoms with Crippen molar-refractivity contribution in [2.45, 2.75) is 32.6 Å². The maximum absolute atomic E-state index is 12.0. The molecule has 1 amide bonds. The van der Waals surface area contributed by atoms with E-state index in [9.17, 15) is 4.79 Å². The van der Waals surface area contributed by atoms with Gasteiger partial charge in [0, 0.05) is 48.4 Å². The van der Waals surface area contributed by atoms with E-state index in [1.54, 1.807) is 11.3 Å². The van der Waals surface area contributed by atoms with E-state index in [2.05, 4.69) is 27.3 Å². The van der Waals surface area contributed by atoms with Crippen LogP contribution >= 0.6 is 11.3 Å². The first-order valence-electron chi connectivity index (χ1n) is 7.76. The van der Waals surface area contributed by atoms with Gasteiger partial charge in [0.15, 0.2) is 0 Å². The number of aryl methyl sites for hydroxylation is 2. The van der Waals surface area contributed by atoms with E-state index in [4.69, 9.17) is 0 Å². The molecule has 22 heavy (non-hydrogen) atoms. The van der Waals surface area contributed by atoms with E-state index < -0.39 is 0 Å². The number of carbonyl (C=O) groups excluding carboxylic acids is 1. The lowest BCUT2D eigenvalue weighted by Crippen LogP contribution is -2.17. The van der Waals surface area contributed by atoms with Crippen LogP contribution in [0.4, 0.5) is 11.4 Å². The van der Waals surface area contributed by atoms with Gasteiger partial charge in [-0.25, -0.2) is 4.98 Å². The number of aromatic nitrogens is 1. The molecule has 0 aliphatic carbocycles. The van der Waals surface area contributed by atoms with Crippen molar-refractivity contribution in [3.05, 3.63) is 40.3 Å². The first-order chi connectivity index (χ1) is 10.7. The third-order valence-electron chi connectivity index (χ3n) is 3.85. The Morgan fingerprint density at radius 2 is 2.00 bits per heavy atom. The topological polar surface area (TPSA) is 45.2 Å². The van der Waals surface area contributed by atoms with Crippen LogP contribution in [0.2, 0.25) is 0 Å². The number of hydrogen-bond acceptors (Lipinski definition) is 4. The molecule has 116 valence electrons. The highest BCUT2D eigenvalue weighted by molar-refractivity contribution is 7.09. The summed E-state index contributed by atoms with van der Waals surface area (Å²) < 4.78 is 0. The van der Waals surface area contributed by atoms with Gasteiger partial charge in [-0.2, -0.15) is 0 Å². The zero-order valence-corrected chi connectivity index (χ0v) is 13.7. The molecule has 3 rings (SSSR count). The summed E-state index contributed by atoms with van der Waals surface area (Å²) in [6.07, 6.45) is 3.72. The molecular weight excluding hydrogens is 294 g/mol. The van der Waals surface area contributed by atoms with Crippen LogP contribution in [0.15, 0.2) is 29.6 Å². The van der Waals surface area contributed by atoms with Crippen molar-refractivity contribution in [3.63, 3.8) is 0 Å². The molecule has 1 aromatic carbocycles. The Kier molecular flexibility index (Phi) is 4.73. The smallest absolute Gasteiger partial charge is 0.224 e. The fourth-order valence-electron chi connectivity index (χ4n) is 2.69. The van der Waals surface area contributed by atoms with Crippen LogP contribution in [0.3, 0.4) is 0 Å². The monoisotopic (exact) mass is 315 g/mol. The van der Waals surface area contributed by atoms with Gasteiger partial charge in [0.2, 0.25) is 5.91 Å². The van der Waals surface area contributed by atoms with Gasteiger partial charge in [-0.05, 0) is 44.0 Å². The van der Waals surface area contributed by atoms with Gasteiger partial charge in [-0.1, -0.05) is 0 Å². The number of carbonyl (C=O) groups is 1. The summed E-state index contributed by atoms with van der Waals surface area (Å²) in [7, 11) is 0. The van der Waals surface area contributed by atoms with Crippen LogP contribution in [0.1, 0.15) is 30.0 Å². The van der Waals surface area contributed by atoms with Crippen molar-refractivity contribution < 1.29 is 4.79 Å². The van der Waals surface area contributed by atoms with E-state index in [0.29, 0.717) is 12.8 Å². The summed E-state index contributed by atoms with van der Waals surface area (Å²) >= 11 is 1.62. The number of benzene rings is 1. The first kappa shape index (κ1) is 15.0. The molecule has 1 aliphatic heterocycles. The first-order valence-corrected chi connectivity index (χ1v) is 8.64. The predicted octanol–water partition coefficient (Wildman–Crippen LogP) is 3.62. The maximum atomic E-state index is 12.0. The zero-order valence-electron chi connectivity index (χ0n) is 12.8. The fourth-order valence-corrected chi connectivity index (χ4v) is 3.47. The number of rotatable bonds is 5. The lowest BCUT2D eigenvalue weighted by atomic mass is 10.2. The average Bonchev–Trinajstić information content (AvgIpc) is 3.17. The molecule has 1 N–H and O–H groups in total. The number of nitrogens with zero attached hydrogens (tertiary/aromatic N) is 2. The van der Waals surface area contributed by atoms with Crippen molar-refractivity contribution in [2.24, 2.45) is 0 Å². The quantitative estimate of drug-likeness (QED) is 0.916. The standard InChI is InChI=1S/C17H21N3OS/c1-13-12-22-17(18-13)9-8-16(21)19-14-4-6-15(7-5-14)20-10-2-3-11-20/h4-7,12H,2-3,8-11H2,1H3,(H,19,21). The molecule has 4 nitrogen and oxygen atoms in total. The van der Waals surface area contributed by atoms with Gasteiger partial charge in [-0.15, -0.1) is 11.3 Å². The Labute approximate surface area is 135 Å². The molecule has 5 heteroatoms. The molecule has 2 aromatic rings. The number of nitrogens with one attached hydrogen (secondary N) is 1. The summed E-state index contributed by atoms with van der Waals surface area (Å²) in [5.41, 5.74) is 3.13.